The molecule has 2 aromatic rings. The monoisotopic (exact) mass is 309 g/mol. The van der Waals surface area contributed by atoms with Crippen LogP contribution in [0.25, 0.3) is 11.3 Å². The second-order valence-corrected chi connectivity index (χ2v) is 4.68. The molecular weight excluding hydrogens is 292 g/mol. The first-order valence-electron chi connectivity index (χ1n) is 6.99. The molecule has 2 rings (SSSR count). The summed E-state index contributed by atoms with van der Waals surface area (Å²) in [5.41, 5.74) is 1.62. The molecule has 0 atom stereocenters. The molecule has 0 unspecified atom stereocenters. The number of hydrogen-bond acceptors (Lipinski definition) is 3. The number of benzene rings is 1. The number of ether oxygens (including phenoxy) is 1. The van der Waals surface area contributed by atoms with E-state index in [-0.39, 0.29) is 11.7 Å². The number of carbonyl (C=O) groups is 1. The van der Waals surface area contributed by atoms with Gasteiger partial charge in [-0.05, 0) is 36.8 Å². The van der Waals surface area contributed by atoms with Crippen LogP contribution in [0.2, 0.25) is 0 Å². The summed E-state index contributed by atoms with van der Waals surface area (Å²) in [5.74, 6) is -0.142. The van der Waals surface area contributed by atoms with Gasteiger partial charge in [0.1, 0.15) is 11.4 Å². The van der Waals surface area contributed by atoms with Gasteiger partial charge in [-0.3, -0.25) is 9.89 Å². The molecule has 0 radical (unpaired) electrons. The summed E-state index contributed by atoms with van der Waals surface area (Å²) in [5, 5.41) is 9.50. The van der Waals surface area contributed by atoms with E-state index < -0.39 is 6.61 Å². The normalized spacial score (nSPS) is 10.7. The fourth-order valence-electron chi connectivity index (χ4n) is 1.87. The number of alkyl halides is 2. The summed E-state index contributed by atoms with van der Waals surface area (Å²) in [6, 6.07) is 7.68. The van der Waals surface area contributed by atoms with E-state index in [0.717, 1.165) is 12.8 Å². The SMILES string of the molecule is CCCCNC(=O)c1cc(-c2ccc(OC(F)F)cc2)n[nH]1. The molecule has 1 aromatic carbocycles. The van der Waals surface area contributed by atoms with Gasteiger partial charge in [0, 0.05) is 12.1 Å². The number of amides is 1. The maximum atomic E-state index is 12.1. The van der Waals surface area contributed by atoms with Crippen LogP contribution in [-0.2, 0) is 0 Å². The molecule has 0 spiro atoms. The van der Waals surface area contributed by atoms with Crippen LogP contribution in [0.4, 0.5) is 8.78 Å². The molecule has 1 heterocycles. The van der Waals surface area contributed by atoms with Crippen molar-refractivity contribution in [3.63, 3.8) is 0 Å². The topological polar surface area (TPSA) is 67.0 Å². The molecule has 0 bridgehead atoms. The number of unbranched alkanes of at least 4 members (excludes halogenated alkanes) is 1. The van der Waals surface area contributed by atoms with Crippen molar-refractivity contribution in [2.75, 3.05) is 6.54 Å². The summed E-state index contributed by atoms with van der Waals surface area (Å²) in [6.07, 6.45) is 1.92. The van der Waals surface area contributed by atoms with E-state index in [4.69, 9.17) is 0 Å². The van der Waals surface area contributed by atoms with Crippen LogP contribution in [0.15, 0.2) is 30.3 Å². The van der Waals surface area contributed by atoms with Crippen molar-refractivity contribution in [2.24, 2.45) is 0 Å². The summed E-state index contributed by atoms with van der Waals surface area (Å²) in [6.45, 7) is -0.194. The average molecular weight is 309 g/mol. The highest BCUT2D eigenvalue weighted by molar-refractivity contribution is 5.93. The molecule has 0 saturated heterocycles. The predicted octanol–water partition coefficient (Wildman–Crippen LogP) is 3.21. The van der Waals surface area contributed by atoms with Crippen LogP contribution >= 0.6 is 0 Å². The highest BCUT2D eigenvalue weighted by atomic mass is 19.3. The Kier molecular flexibility index (Phi) is 5.46. The first-order chi connectivity index (χ1) is 10.6. The molecule has 2 N–H and O–H groups in total. The zero-order chi connectivity index (χ0) is 15.9. The van der Waals surface area contributed by atoms with Crippen LogP contribution in [0.3, 0.4) is 0 Å². The largest absolute Gasteiger partial charge is 0.435 e. The van der Waals surface area contributed by atoms with Gasteiger partial charge in [0.05, 0.1) is 5.69 Å². The minimum Gasteiger partial charge on any atom is -0.435 e. The van der Waals surface area contributed by atoms with E-state index in [0.29, 0.717) is 23.5 Å². The van der Waals surface area contributed by atoms with E-state index in [1.54, 1.807) is 18.2 Å². The van der Waals surface area contributed by atoms with Crippen molar-refractivity contribution < 1.29 is 18.3 Å². The van der Waals surface area contributed by atoms with Gasteiger partial charge in [-0.25, -0.2) is 0 Å². The quantitative estimate of drug-likeness (QED) is 0.772. The molecular formula is C15H17F2N3O2. The summed E-state index contributed by atoms with van der Waals surface area (Å²) in [7, 11) is 0. The van der Waals surface area contributed by atoms with Gasteiger partial charge in [0.15, 0.2) is 0 Å². The van der Waals surface area contributed by atoms with Crippen LogP contribution in [0.5, 0.6) is 5.75 Å². The van der Waals surface area contributed by atoms with Gasteiger partial charge >= 0.3 is 6.61 Å². The number of nitrogens with one attached hydrogen (secondary N) is 2. The van der Waals surface area contributed by atoms with Crippen LogP contribution in [-0.4, -0.2) is 29.3 Å². The Balaban J connectivity index is 2.03. The van der Waals surface area contributed by atoms with Gasteiger partial charge in [0.2, 0.25) is 0 Å². The van der Waals surface area contributed by atoms with E-state index in [2.05, 4.69) is 20.3 Å². The Morgan fingerprint density at radius 3 is 2.73 bits per heavy atom. The van der Waals surface area contributed by atoms with Crippen molar-refractivity contribution in [1.29, 1.82) is 0 Å². The van der Waals surface area contributed by atoms with Gasteiger partial charge in [-0.15, -0.1) is 0 Å². The molecule has 5 nitrogen and oxygen atoms in total. The van der Waals surface area contributed by atoms with E-state index in [9.17, 15) is 13.6 Å². The molecule has 0 saturated carbocycles. The Bertz CT molecular complexity index is 612. The highest BCUT2D eigenvalue weighted by Crippen LogP contribution is 2.22. The van der Waals surface area contributed by atoms with Crippen molar-refractivity contribution in [2.45, 2.75) is 26.4 Å². The lowest BCUT2D eigenvalue weighted by molar-refractivity contribution is -0.0498. The molecule has 1 amide bonds. The van der Waals surface area contributed by atoms with Crippen LogP contribution < -0.4 is 10.1 Å². The van der Waals surface area contributed by atoms with E-state index in [1.165, 1.54) is 12.1 Å². The van der Waals surface area contributed by atoms with Gasteiger partial charge in [-0.2, -0.15) is 13.9 Å². The Hall–Kier alpha value is -2.44. The average Bonchev–Trinajstić information content (AvgIpc) is 2.97. The first kappa shape index (κ1) is 15.9. The fourth-order valence-corrected chi connectivity index (χ4v) is 1.87. The molecule has 22 heavy (non-hydrogen) atoms. The molecule has 7 heteroatoms. The van der Waals surface area contributed by atoms with Gasteiger partial charge < -0.3 is 10.1 Å². The second-order valence-electron chi connectivity index (χ2n) is 4.68. The standard InChI is InChI=1S/C15H17F2N3O2/c1-2-3-8-18-14(21)13-9-12(19-20-13)10-4-6-11(7-5-10)22-15(16)17/h4-7,9,15H,2-3,8H2,1H3,(H,18,21)(H,19,20). The maximum absolute atomic E-state index is 12.1. The number of aromatic amines is 1. The molecule has 0 aliphatic carbocycles. The molecule has 1 aromatic heterocycles. The Labute approximate surface area is 126 Å². The number of nitrogens with zero attached hydrogens (tertiary/aromatic N) is 1. The number of rotatable bonds is 7. The number of aromatic nitrogens is 2. The Morgan fingerprint density at radius 1 is 1.36 bits per heavy atom. The van der Waals surface area contributed by atoms with E-state index >= 15 is 0 Å². The molecule has 0 aliphatic heterocycles. The third-order valence-corrected chi connectivity index (χ3v) is 3.01. The van der Waals surface area contributed by atoms with Crippen molar-refractivity contribution in [1.82, 2.24) is 15.5 Å². The van der Waals surface area contributed by atoms with Crippen LogP contribution in [0.1, 0.15) is 30.3 Å². The first-order valence-corrected chi connectivity index (χ1v) is 6.99. The molecule has 0 aliphatic rings. The van der Waals surface area contributed by atoms with Crippen LogP contribution in [0, 0.1) is 0 Å². The minimum absolute atomic E-state index is 0.0758. The zero-order valence-corrected chi connectivity index (χ0v) is 12.1. The summed E-state index contributed by atoms with van der Waals surface area (Å²) < 4.78 is 28.4. The minimum atomic E-state index is -2.85. The Morgan fingerprint density at radius 2 is 2.09 bits per heavy atom. The third-order valence-electron chi connectivity index (χ3n) is 3.01. The fraction of sp³-hybridized carbons (Fsp3) is 0.333. The molecule has 118 valence electrons. The van der Waals surface area contributed by atoms with Crippen molar-refractivity contribution in [3.05, 3.63) is 36.0 Å². The number of hydrogen-bond donors (Lipinski definition) is 2. The number of halogens is 2. The number of carbonyl (C=O) groups excluding carboxylic acids is 1. The lowest BCUT2D eigenvalue weighted by Crippen LogP contribution is -2.24. The number of H-pyrrole nitrogens is 1. The summed E-state index contributed by atoms with van der Waals surface area (Å²) in [4.78, 5) is 11.9. The van der Waals surface area contributed by atoms with Crippen molar-refractivity contribution in [3.8, 4) is 17.0 Å². The zero-order valence-electron chi connectivity index (χ0n) is 12.1. The highest BCUT2D eigenvalue weighted by Gasteiger charge is 2.11. The van der Waals surface area contributed by atoms with Crippen molar-refractivity contribution >= 4 is 5.91 Å². The lowest BCUT2D eigenvalue weighted by atomic mass is 10.1. The van der Waals surface area contributed by atoms with E-state index in [1.807, 2.05) is 6.92 Å². The summed E-state index contributed by atoms with van der Waals surface area (Å²) >= 11 is 0. The second kappa shape index (κ2) is 7.53. The van der Waals surface area contributed by atoms with Gasteiger partial charge in [-0.1, -0.05) is 13.3 Å². The van der Waals surface area contributed by atoms with Gasteiger partial charge in [0.25, 0.3) is 5.91 Å². The predicted molar refractivity (Wildman–Crippen MR) is 77.9 cm³/mol. The lowest BCUT2D eigenvalue weighted by Gasteiger charge is -2.04. The maximum Gasteiger partial charge on any atom is 0.387 e. The third kappa shape index (κ3) is 4.28. The molecule has 0 fully saturated rings. The smallest absolute Gasteiger partial charge is 0.387 e.